The smallest absolute Gasteiger partial charge is 0.246 e. The number of benzene rings is 3. The lowest BCUT2D eigenvalue weighted by atomic mass is 10.0. The molecule has 0 aliphatic rings. The molecule has 0 saturated carbocycles. The fourth-order valence-electron chi connectivity index (χ4n) is 3.45. The van der Waals surface area contributed by atoms with Crippen molar-refractivity contribution in [1.82, 2.24) is 10.2 Å². The Morgan fingerprint density at radius 1 is 0.833 bits per heavy atom. The van der Waals surface area contributed by atoms with E-state index < -0.39 is 0 Å². The van der Waals surface area contributed by atoms with Crippen molar-refractivity contribution < 1.29 is 9.53 Å². The molecule has 4 heteroatoms. The third-order valence-electron chi connectivity index (χ3n) is 5.16. The molecule has 0 fully saturated rings. The number of nitrogens with one attached hydrogen (secondary N) is 1. The van der Waals surface area contributed by atoms with Crippen LogP contribution in [0.2, 0.25) is 0 Å². The minimum atomic E-state index is -0.278. The Balaban J connectivity index is 1.62. The summed E-state index contributed by atoms with van der Waals surface area (Å²) in [6, 6.07) is 28.5. The molecular formula is C26H30N2O2. The highest BCUT2D eigenvalue weighted by atomic mass is 16.5. The first-order chi connectivity index (χ1) is 14.5. The zero-order valence-electron chi connectivity index (χ0n) is 17.9. The summed E-state index contributed by atoms with van der Waals surface area (Å²) < 4.78 is 6.06. The summed E-state index contributed by atoms with van der Waals surface area (Å²) in [7, 11) is 4.04. The van der Waals surface area contributed by atoms with E-state index in [1.807, 2.05) is 74.8 Å². The number of aryl methyl sites for hydroxylation is 1. The van der Waals surface area contributed by atoms with Gasteiger partial charge in [0.25, 0.3) is 0 Å². The van der Waals surface area contributed by atoms with Gasteiger partial charge in [0.1, 0.15) is 12.7 Å². The van der Waals surface area contributed by atoms with Gasteiger partial charge in [-0.1, -0.05) is 90.5 Å². The van der Waals surface area contributed by atoms with Crippen molar-refractivity contribution in [2.75, 3.05) is 27.2 Å². The molecule has 0 aromatic heterocycles. The number of ether oxygens (including phenoxy) is 1. The lowest BCUT2D eigenvalue weighted by Crippen LogP contribution is -2.36. The topological polar surface area (TPSA) is 41.6 Å². The second-order valence-corrected chi connectivity index (χ2v) is 7.71. The van der Waals surface area contributed by atoms with Crippen molar-refractivity contribution in [3.8, 4) is 0 Å². The van der Waals surface area contributed by atoms with Crippen molar-refractivity contribution in [1.29, 1.82) is 0 Å². The van der Waals surface area contributed by atoms with E-state index in [9.17, 15) is 4.79 Å². The van der Waals surface area contributed by atoms with Crippen LogP contribution in [-0.2, 0) is 9.53 Å². The Kier molecular flexibility index (Phi) is 7.77. The fraction of sp³-hybridized carbons (Fsp3) is 0.269. The van der Waals surface area contributed by atoms with Crippen LogP contribution >= 0.6 is 0 Å². The molecule has 3 aromatic carbocycles. The summed E-state index contributed by atoms with van der Waals surface area (Å²) in [6.45, 7) is 2.60. The predicted molar refractivity (Wildman–Crippen MR) is 121 cm³/mol. The summed E-state index contributed by atoms with van der Waals surface area (Å²) in [5, 5.41) is 3.03. The molecule has 1 N–H and O–H groups in total. The first-order valence-corrected chi connectivity index (χ1v) is 10.3. The highest BCUT2D eigenvalue weighted by molar-refractivity contribution is 5.77. The van der Waals surface area contributed by atoms with Gasteiger partial charge in [0, 0.05) is 6.54 Å². The standard InChI is InChI=1S/C26H30N2O2/c1-20-14-16-21(17-15-20)24(28(2)3)18-27-25(29)19-30-26(22-10-6-4-7-11-22)23-12-8-5-9-13-23/h4-17,24,26H,18-19H2,1-3H3,(H,27,29). The number of hydrogen-bond acceptors (Lipinski definition) is 3. The maximum atomic E-state index is 12.6. The van der Waals surface area contributed by atoms with Crippen molar-refractivity contribution >= 4 is 5.91 Å². The molecule has 3 aromatic rings. The van der Waals surface area contributed by atoms with Crippen molar-refractivity contribution in [2.24, 2.45) is 0 Å². The first kappa shape index (κ1) is 21.8. The van der Waals surface area contributed by atoms with E-state index in [1.165, 1.54) is 11.1 Å². The van der Waals surface area contributed by atoms with Gasteiger partial charge in [-0.3, -0.25) is 4.79 Å². The van der Waals surface area contributed by atoms with Gasteiger partial charge >= 0.3 is 0 Å². The van der Waals surface area contributed by atoms with Crippen LogP contribution < -0.4 is 5.32 Å². The van der Waals surface area contributed by atoms with Crippen LogP contribution in [0.3, 0.4) is 0 Å². The van der Waals surface area contributed by atoms with E-state index in [-0.39, 0.29) is 24.7 Å². The molecule has 30 heavy (non-hydrogen) atoms. The molecule has 0 aliphatic heterocycles. The number of carbonyl (C=O) groups excluding carboxylic acids is 1. The number of rotatable bonds is 9. The maximum absolute atomic E-state index is 12.6. The summed E-state index contributed by atoms with van der Waals surface area (Å²) in [5.74, 6) is -0.120. The zero-order valence-corrected chi connectivity index (χ0v) is 17.9. The Labute approximate surface area is 179 Å². The summed E-state index contributed by atoms with van der Waals surface area (Å²) in [6.07, 6.45) is -0.278. The highest BCUT2D eigenvalue weighted by Crippen LogP contribution is 2.25. The molecule has 0 saturated heterocycles. The van der Waals surface area contributed by atoms with Gasteiger partial charge in [-0.25, -0.2) is 0 Å². The molecule has 1 unspecified atom stereocenters. The van der Waals surface area contributed by atoms with E-state index in [4.69, 9.17) is 4.74 Å². The maximum Gasteiger partial charge on any atom is 0.246 e. The van der Waals surface area contributed by atoms with Crippen molar-refractivity contribution in [3.05, 3.63) is 107 Å². The van der Waals surface area contributed by atoms with Gasteiger partial charge in [0.05, 0.1) is 6.04 Å². The average molecular weight is 403 g/mol. The highest BCUT2D eigenvalue weighted by Gasteiger charge is 2.18. The van der Waals surface area contributed by atoms with Crippen LogP contribution in [0.15, 0.2) is 84.9 Å². The molecule has 0 spiro atoms. The minimum Gasteiger partial charge on any atom is -0.359 e. The van der Waals surface area contributed by atoms with E-state index in [0.29, 0.717) is 6.54 Å². The second-order valence-electron chi connectivity index (χ2n) is 7.71. The van der Waals surface area contributed by atoms with Gasteiger partial charge < -0.3 is 15.0 Å². The quantitative estimate of drug-likeness (QED) is 0.572. The van der Waals surface area contributed by atoms with E-state index >= 15 is 0 Å². The number of hydrogen-bond donors (Lipinski definition) is 1. The van der Waals surface area contributed by atoms with Crippen LogP contribution in [0, 0.1) is 6.92 Å². The zero-order chi connectivity index (χ0) is 21.3. The number of carbonyl (C=O) groups is 1. The molecule has 1 amide bonds. The number of likely N-dealkylation sites (N-methyl/N-ethyl adjacent to an activating group) is 1. The number of nitrogens with zero attached hydrogens (tertiary/aromatic N) is 1. The molecular weight excluding hydrogens is 372 g/mol. The van der Waals surface area contributed by atoms with Crippen LogP contribution in [0.4, 0.5) is 0 Å². The molecule has 3 rings (SSSR count). The molecule has 1 atom stereocenters. The first-order valence-electron chi connectivity index (χ1n) is 10.3. The van der Waals surface area contributed by atoms with Crippen LogP contribution in [0.1, 0.15) is 34.4 Å². The van der Waals surface area contributed by atoms with E-state index in [2.05, 4.69) is 41.4 Å². The Hall–Kier alpha value is -2.95. The second kappa shape index (κ2) is 10.7. The van der Waals surface area contributed by atoms with Crippen molar-refractivity contribution in [2.45, 2.75) is 19.1 Å². The van der Waals surface area contributed by atoms with Gasteiger partial charge in [-0.2, -0.15) is 0 Å². The van der Waals surface area contributed by atoms with Crippen LogP contribution in [0.5, 0.6) is 0 Å². The lowest BCUT2D eigenvalue weighted by molar-refractivity contribution is -0.127. The van der Waals surface area contributed by atoms with Crippen LogP contribution in [-0.4, -0.2) is 38.1 Å². The Bertz CT molecular complexity index is 869. The molecule has 0 aliphatic carbocycles. The van der Waals surface area contributed by atoms with Crippen molar-refractivity contribution in [3.63, 3.8) is 0 Å². The average Bonchev–Trinajstić information content (AvgIpc) is 2.76. The fourth-order valence-corrected chi connectivity index (χ4v) is 3.45. The molecule has 156 valence electrons. The lowest BCUT2D eigenvalue weighted by Gasteiger charge is -2.25. The summed E-state index contributed by atoms with van der Waals surface area (Å²) in [5.41, 5.74) is 4.46. The normalized spacial score (nSPS) is 12.2. The molecule has 0 bridgehead atoms. The predicted octanol–water partition coefficient (Wildman–Crippen LogP) is 4.52. The van der Waals surface area contributed by atoms with E-state index in [1.54, 1.807) is 0 Å². The minimum absolute atomic E-state index is 0.00248. The molecule has 4 nitrogen and oxygen atoms in total. The molecule has 0 radical (unpaired) electrons. The SMILES string of the molecule is Cc1ccc(C(CNC(=O)COC(c2ccccc2)c2ccccc2)N(C)C)cc1. The van der Waals surface area contributed by atoms with Gasteiger partial charge in [-0.05, 0) is 37.7 Å². The third-order valence-corrected chi connectivity index (χ3v) is 5.16. The van der Waals surface area contributed by atoms with Crippen LogP contribution in [0.25, 0.3) is 0 Å². The molecule has 0 heterocycles. The third kappa shape index (κ3) is 6.02. The Morgan fingerprint density at radius 3 is 1.87 bits per heavy atom. The van der Waals surface area contributed by atoms with Gasteiger partial charge in [0.2, 0.25) is 5.91 Å². The largest absolute Gasteiger partial charge is 0.359 e. The van der Waals surface area contributed by atoms with Gasteiger partial charge in [0.15, 0.2) is 0 Å². The Morgan fingerprint density at radius 2 is 1.37 bits per heavy atom. The number of amides is 1. The summed E-state index contributed by atoms with van der Waals surface area (Å²) in [4.78, 5) is 14.7. The summed E-state index contributed by atoms with van der Waals surface area (Å²) >= 11 is 0. The monoisotopic (exact) mass is 402 g/mol. The van der Waals surface area contributed by atoms with Gasteiger partial charge in [-0.15, -0.1) is 0 Å². The van der Waals surface area contributed by atoms with E-state index in [0.717, 1.165) is 11.1 Å².